The van der Waals surface area contributed by atoms with Crippen LogP contribution < -0.4 is 0 Å². The molecule has 0 saturated carbocycles. The molecular weight excluding hydrogens is 194 g/mol. The van der Waals surface area contributed by atoms with Crippen molar-refractivity contribution >= 4 is 6.21 Å². The van der Waals surface area contributed by atoms with Gasteiger partial charge in [-0.1, -0.05) is 54.6 Å². The lowest BCUT2D eigenvalue weighted by Gasteiger charge is -2.02. The Hall–Kier alpha value is -1.89. The maximum atomic E-state index is 7.13. The molecule has 0 aliphatic rings. The summed E-state index contributed by atoms with van der Waals surface area (Å²) in [5.74, 6) is 0. The zero-order chi connectivity index (χ0) is 11.2. The van der Waals surface area contributed by atoms with Crippen molar-refractivity contribution in [1.29, 1.82) is 5.41 Å². The first-order chi connectivity index (χ1) is 7.88. The Morgan fingerprint density at radius 3 is 1.88 bits per heavy atom. The van der Waals surface area contributed by atoms with E-state index in [1.54, 1.807) is 0 Å². The fourth-order valence-electron chi connectivity index (χ4n) is 1.71. The largest absolute Gasteiger partial charge is 0.308 e. The van der Waals surface area contributed by atoms with Gasteiger partial charge in [-0.3, -0.25) is 0 Å². The van der Waals surface area contributed by atoms with E-state index in [-0.39, 0.29) is 0 Å². The molecule has 1 nitrogen and oxygen atoms in total. The maximum Gasteiger partial charge on any atom is 0.0250 e. The fraction of sp³-hybridized carbons (Fsp3) is 0.133. The topological polar surface area (TPSA) is 23.9 Å². The van der Waals surface area contributed by atoms with Crippen LogP contribution in [0.4, 0.5) is 0 Å². The Morgan fingerprint density at radius 1 is 0.750 bits per heavy atom. The molecule has 0 bridgehead atoms. The van der Waals surface area contributed by atoms with E-state index in [1.807, 2.05) is 18.2 Å². The van der Waals surface area contributed by atoms with Gasteiger partial charge in [-0.15, -0.1) is 0 Å². The summed E-state index contributed by atoms with van der Waals surface area (Å²) in [6.07, 6.45) is 3.51. The number of aryl methyl sites for hydroxylation is 2. The highest BCUT2D eigenvalue weighted by Crippen LogP contribution is 2.08. The van der Waals surface area contributed by atoms with E-state index in [0.29, 0.717) is 0 Å². The molecule has 0 aliphatic carbocycles. The van der Waals surface area contributed by atoms with Crippen LogP contribution >= 0.6 is 0 Å². The monoisotopic (exact) mass is 209 g/mol. The minimum atomic E-state index is 0.962. The van der Waals surface area contributed by atoms with E-state index in [9.17, 15) is 0 Å². The van der Waals surface area contributed by atoms with Gasteiger partial charge in [-0.05, 0) is 29.5 Å². The summed E-state index contributed by atoms with van der Waals surface area (Å²) in [7, 11) is 0. The number of hydrogen-bond acceptors (Lipinski definition) is 1. The second-order valence-electron chi connectivity index (χ2n) is 3.87. The van der Waals surface area contributed by atoms with Gasteiger partial charge >= 0.3 is 0 Å². The second-order valence-corrected chi connectivity index (χ2v) is 3.87. The Kier molecular flexibility index (Phi) is 3.50. The van der Waals surface area contributed by atoms with E-state index >= 15 is 0 Å². The zero-order valence-electron chi connectivity index (χ0n) is 9.19. The third-order valence-corrected chi connectivity index (χ3v) is 2.69. The van der Waals surface area contributed by atoms with Crippen LogP contribution in [0.25, 0.3) is 0 Å². The Labute approximate surface area is 96.3 Å². The summed E-state index contributed by atoms with van der Waals surface area (Å²) in [6.45, 7) is 0. The van der Waals surface area contributed by atoms with Crippen molar-refractivity contribution in [2.45, 2.75) is 12.8 Å². The lowest BCUT2D eigenvalue weighted by Crippen LogP contribution is -1.91. The van der Waals surface area contributed by atoms with Crippen LogP contribution in [-0.2, 0) is 12.8 Å². The van der Waals surface area contributed by atoms with Crippen LogP contribution in [0.3, 0.4) is 0 Å². The lowest BCUT2D eigenvalue weighted by molar-refractivity contribution is 0.960. The predicted molar refractivity (Wildman–Crippen MR) is 68.2 cm³/mol. The number of benzene rings is 2. The van der Waals surface area contributed by atoms with E-state index < -0.39 is 0 Å². The molecule has 0 aromatic heterocycles. The Bertz CT molecular complexity index is 443. The van der Waals surface area contributed by atoms with Crippen LogP contribution in [0.15, 0.2) is 54.6 Å². The van der Waals surface area contributed by atoms with Gasteiger partial charge in [0.1, 0.15) is 0 Å². The molecule has 0 radical (unpaired) electrons. The first-order valence-electron chi connectivity index (χ1n) is 5.52. The highest BCUT2D eigenvalue weighted by atomic mass is 14.3. The van der Waals surface area contributed by atoms with Gasteiger partial charge in [0, 0.05) is 6.21 Å². The van der Waals surface area contributed by atoms with Crippen molar-refractivity contribution < 1.29 is 0 Å². The summed E-state index contributed by atoms with van der Waals surface area (Å²) in [5.41, 5.74) is 3.66. The molecule has 2 aromatic carbocycles. The first kappa shape index (κ1) is 10.6. The van der Waals surface area contributed by atoms with E-state index in [0.717, 1.165) is 18.4 Å². The summed E-state index contributed by atoms with van der Waals surface area (Å²) in [5, 5.41) is 7.13. The molecule has 2 rings (SSSR count). The lowest BCUT2D eigenvalue weighted by atomic mass is 10.0. The molecule has 0 heterocycles. The molecule has 0 aliphatic heterocycles. The summed E-state index contributed by atoms with van der Waals surface area (Å²) < 4.78 is 0. The quantitative estimate of drug-likeness (QED) is 0.745. The van der Waals surface area contributed by atoms with E-state index in [1.165, 1.54) is 17.3 Å². The standard InChI is InChI=1S/C15H15N/c16-12-15-10-8-14(9-11-15)7-6-13-4-2-1-3-5-13/h1-5,8-12,16H,6-7H2. The van der Waals surface area contributed by atoms with Gasteiger partial charge in [0.2, 0.25) is 0 Å². The molecule has 0 amide bonds. The predicted octanol–water partition coefficient (Wildman–Crippen LogP) is 3.47. The van der Waals surface area contributed by atoms with Crippen LogP contribution in [0, 0.1) is 5.41 Å². The number of hydrogen-bond donors (Lipinski definition) is 1. The van der Waals surface area contributed by atoms with Crippen molar-refractivity contribution in [2.24, 2.45) is 0 Å². The molecule has 0 atom stereocenters. The van der Waals surface area contributed by atoms with Gasteiger partial charge in [0.25, 0.3) is 0 Å². The normalized spacial score (nSPS) is 10.0. The van der Waals surface area contributed by atoms with Crippen molar-refractivity contribution in [3.63, 3.8) is 0 Å². The highest BCUT2D eigenvalue weighted by molar-refractivity contribution is 5.76. The maximum absolute atomic E-state index is 7.13. The van der Waals surface area contributed by atoms with Crippen LogP contribution in [-0.4, -0.2) is 6.21 Å². The number of rotatable bonds is 4. The van der Waals surface area contributed by atoms with Gasteiger partial charge in [0.05, 0.1) is 0 Å². The molecule has 1 heteroatoms. The summed E-state index contributed by atoms with van der Waals surface area (Å²) >= 11 is 0. The van der Waals surface area contributed by atoms with Crippen molar-refractivity contribution in [3.8, 4) is 0 Å². The molecule has 0 fully saturated rings. The smallest absolute Gasteiger partial charge is 0.0250 e. The van der Waals surface area contributed by atoms with Crippen LogP contribution in [0.1, 0.15) is 16.7 Å². The highest BCUT2D eigenvalue weighted by Gasteiger charge is 1.95. The summed E-state index contributed by atoms with van der Waals surface area (Å²) in [4.78, 5) is 0. The summed E-state index contributed by atoms with van der Waals surface area (Å²) in [6, 6.07) is 18.7. The molecule has 0 unspecified atom stereocenters. The van der Waals surface area contributed by atoms with Crippen LogP contribution in [0.5, 0.6) is 0 Å². The molecule has 1 N–H and O–H groups in total. The minimum Gasteiger partial charge on any atom is -0.308 e. The molecule has 2 aromatic rings. The fourth-order valence-corrected chi connectivity index (χ4v) is 1.71. The zero-order valence-corrected chi connectivity index (χ0v) is 9.19. The SMILES string of the molecule is N=Cc1ccc(CCc2ccccc2)cc1. The first-order valence-corrected chi connectivity index (χ1v) is 5.52. The molecule has 80 valence electrons. The van der Waals surface area contributed by atoms with E-state index in [4.69, 9.17) is 5.41 Å². The van der Waals surface area contributed by atoms with E-state index in [2.05, 4.69) is 36.4 Å². The van der Waals surface area contributed by atoms with Crippen molar-refractivity contribution in [3.05, 3.63) is 71.3 Å². The van der Waals surface area contributed by atoms with Gasteiger partial charge in [0.15, 0.2) is 0 Å². The van der Waals surface area contributed by atoms with Gasteiger partial charge in [-0.25, -0.2) is 0 Å². The van der Waals surface area contributed by atoms with Crippen molar-refractivity contribution in [1.82, 2.24) is 0 Å². The van der Waals surface area contributed by atoms with Gasteiger partial charge in [-0.2, -0.15) is 0 Å². The van der Waals surface area contributed by atoms with Crippen molar-refractivity contribution in [2.75, 3.05) is 0 Å². The molecular formula is C15H15N. The molecule has 0 saturated heterocycles. The third-order valence-electron chi connectivity index (χ3n) is 2.69. The van der Waals surface area contributed by atoms with Crippen LogP contribution in [0.2, 0.25) is 0 Å². The molecule has 0 spiro atoms. The number of nitrogens with one attached hydrogen (secondary N) is 1. The second kappa shape index (κ2) is 5.26. The average molecular weight is 209 g/mol. The minimum absolute atomic E-state index is 0.962. The average Bonchev–Trinajstić information content (AvgIpc) is 2.38. The Balaban J connectivity index is 1.97. The molecule has 16 heavy (non-hydrogen) atoms. The van der Waals surface area contributed by atoms with Gasteiger partial charge < -0.3 is 5.41 Å². The Morgan fingerprint density at radius 2 is 1.31 bits per heavy atom. The third kappa shape index (κ3) is 2.80.